The molecular formula is C11H14N4. The van der Waals surface area contributed by atoms with E-state index in [0.717, 1.165) is 23.8 Å². The van der Waals surface area contributed by atoms with E-state index in [2.05, 4.69) is 21.4 Å². The van der Waals surface area contributed by atoms with Crippen LogP contribution in [0, 0.1) is 6.92 Å². The Kier molecular flexibility index (Phi) is 2.67. The molecule has 2 aromatic rings. The first-order valence-corrected chi connectivity index (χ1v) is 4.88. The molecule has 78 valence electrons. The summed E-state index contributed by atoms with van der Waals surface area (Å²) in [5, 5.41) is 3.24. The second-order valence-electron chi connectivity index (χ2n) is 3.52. The van der Waals surface area contributed by atoms with Crippen LogP contribution in [0.5, 0.6) is 0 Å². The Morgan fingerprint density at radius 3 is 2.80 bits per heavy atom. The van der Waals surface area contributed by atoms with Crippen LogP contribution in [0.1, 0.15) is 11.3 Å². The lowest BCUT2D eigenvalue weighted by Gasteiger charge is -2.05. The first-order valence-electron chi connectivity index (χ1n) is 4.88. The number of hydrogen-bond donors (Lipinski definition) is 1. The zero-order valence-corrected chi connectivity index (χ0v) is 8.94. The van der Waals surface area contributed by atoms with Crippen LogP contribution >= 0.6 is 0 Å². The fourth-order valence-corrected chi connectivity index (χ4v) is 1.32. The average molecular weight is 202 g/mol. The van der Waals surface area contributed by atoms with Gasteiger partial charge in [0.1, 0.15) is 0 Å². The van der Waals surface area contributed by atoms with E-state index in [1.54, 1.807) is 6.20 Å². The van der Waals surface area contributed by atoms with Crippen LogP contribution < -0.4 is 5.32 Å². The van der Waals surface area contributed by atoms with Gasteiger partial charge in [0.25, 0.3) is 0 Å². The number of aromatic nitrogens is 3. The van der Waals surface area contributed by atoms with Crippen LogP contribution in [0.4, 0.5) is 5.95 Å². The normalized spacial score (nSPS) is 10.3. The smallest absolute Gasteiger partial charge is 0.202 e. The molecule has 0 aliphatic rings. The van der Waals surface area contributed by atoms with Crippen molar-refractivity contribution in [2.45, 2.75) is 13.5 Å². The predicted octanol–water partition coefficient (Wildman–Crippen LogP) is 1.74. The van der Waals surface area contributed by atoms with Crippen molar-refractivity contribution < 1.29 is 0 Å². The van der Waals surface area contributed by atoms with Crippen molar-refractivity contribution in [3.05, 3.63) is 42.0 Å². The fraction of sp³-hybridized carbons (Fsp3) is 0.273. The number of pyridine rings is 1. The third-order valence-corrected chi connectivity index (χ3v) is 2.24. The van der Waals surface area contributed by atoms with E-state index in [9.17, 15) is 0 Å². The molecule has 0 atom stereocenters. The van der Waals surface area contributed by atoms with Gasteiger partial charge in [-0.05, 0) is 18.6 Å². The molecule has 0 aliphatic carbocycles. The van der Waals surface area contributed by atoms with Crippen LogP contribution in [-0.2, 0) is 13.6 Å². The molecule has 0 fully saturated rings. The Morgan fingerprint density at radius 1 is 1.33 bits per heavy atom. The zero-order valence-electron chi connectivity index (χ0n) is 8.94. The average Bonchev–Trinajstić information content (AvgIpc) is 2.63. The minimum Gasteiger partial charge on any atom is -0.352 e. The standard InChI is InChI=1S/C11H14N4/c1-9-3-4-10(7-13-9)8-14-11-12-5-6-15(11)2/h3-7H,8H2,1-2H3,(H,12,14). The van der Waals surface area contributed by atoms with E-state index < -0.39 is 0 Å². The number of aryl methyl sites for hydroxylation is 2. The molecule has 0 spiro atoms. The summed E-state index contributed by atoms with van der Waals surface area (Å²) in [6.45, 7) is 2.73. The molecule has 2 heterocycles. The molecule has 4 heteroatoms. The van der Waals surface area contributed by atoms with Gasteiger partial charge in [-0.25, -0.2) is 4.98 Å². The van der Waals surface area contributed by atoms with E-state index in [0.29, 0.717) is 0 Å². The summed E-state index contributed by atoms with van der Waals surface area (Å²) >= 11 is 0. The summed E-state index contributed by atoms with van der Waals surface area (Å²) in [5.74, 6) is 0.871. The monoisotopic (exact) mass is 202 g/mol. The summed E-state index contributed by atoms with van der Waals surface area (Å²) in [6, 6.07) is 4.08. The lowest BCUT2D eigenvalue weighted by molar-refractivity contribution is 0.898. The van der Waals surface area contributed by atoms with E-state index >= 15 is 0 Å². The lowest BCUT2D eigenvalue weighted by atomic mass is 10.2. The number of imidazole rings is 1. The molecule has 0 amide bonds. The maximum atomic E-state index is 4.23. The van der Waals surface area contributed by atoms with E-state index in [4.69, 9.17) is 0 Å². The summed E-state index contributed by atoms with van der Waals surface area (Å²) in [6.07, 6.45) is 5.57. The Bertz CT molecular complexity index is 430. The second-order valence-corrected chi connectivity index (χ2v) is 3.52. The summed E-state index contributed by atoms with van der Waals surface area (Å²) < 4.78 is 1.95. The maximum absolute atomic E-state index is 4.23. The summed E-state index contributed by atoms with van der Waals surface area (Å²) in [4.78, 5) is 8.41. The number of rotatable bonds is 3. The number of hydrogen-bond acceptors (Lipinski definition) is 3. The highest BCUT2D eigenvalue weighted by molar-refractivity contribution is 5.27. The Labute approximate surface area is 89.0 Å². The Balaban J connectivity index is 1.99. The van der Waals surface area contributed by atoms with Crippen molar-refractivity contribution in [1.82, 2.24) is 14.5 Å². The van der Waals surface area contributed by atoms with Gasteiger partial charge in [-0.2, -0.15) is 0 Å². The van der Waals surface area contributed by atoms with Gasteiger partial charge in [0, 0.05) is 37.9 Å². The molecule has 2 rings (SSSR count). The lowest BCUT2D eigenvalue weighted by Crippen LogP contribution is -2.04. The Morgan fingerprint density at radius 2 is 2.20 bits per heavy atom. The van der Waals surface area contributed by atoms with Crippen molar-refractivity contribution in [1.29, 1.82) is 0 Å². The molecule has 0 radical (unpaired) electrons. The molecule has 0 unspecified atom stereocenters. The molecular weight excluding hydrogens is 188 g/mol. The molecule has 4 nitrogen and oxygen atoms in total. The molecule has 1 N–H and O–H groups in total. The molecule has 15 heavy (non-hydrogen) atoms. The second kappa shape index (κ2) is 4.13. The first kappa shape index (κ1) is 9.71. The molecule has 2 aromatic heterocycles. The summed E-state index contributed by atoms with van der Waals surface area (Å²) in [5.41, 5.74) is 2.19. The van der Waals surface area contributed by atoms with Gasteiger partial charge in [-0.15, -0.1) is 0 Å². The van der Waals surface area contributed by atoms with Crippen LogP contribution in [0.2, 0.25) is 0 Å². The van der Waals surface area contributed by atoms with Gasteiger partial charge in [-0.3, -0.25) is 4.98 Å². The number of anilines is 1. The fourth-order valence-electron chi connectivity index (χ4n) is 1.32. The van der Waals surface area contributed by atoms with Gasteiger partial charge in [-0.1, -0.05) is 6.07 Å². The molecule has 0 aromatic carbocycles. The molecule has 0 aliphatic heterocycles. The van der Waals surface area contributed by atoms with Gasteiger partial charge >= 0.3 is 0 Å². The van der Waals surface area contributed by atoms with Gasteiger partial charge in [0.2, 0.25) is 5.95 Å². The SMILES string of the molecule is Cc1ccc(CNc2nccn2C)cn1. The molecule has 0 saturated carbocycles. The van der Waals surface area contributed by atoms with Crippen LogP contribution in [0.15, 0.2) is 30.7 Å². The van der Waals surface area contributed by atoms with Crippen molar-refractivity contribution in [2.75, 3.05) is 5.32 Å². The van der Waals surface area contributed by atoms with Crippen molar-refractivity contribution in [2.24, 2.45) is 7.05 Å². The highest BCUT2D eigenvalue weighted by atomic mass is 15.2. The number of nitrogens with one attached hydrogen (secondary N) is 1. The van der Waals surface area contributed by atoms with Crippen molar-refractivity contribution in [3.63, 3.8) is 0 Å². The van der Waals surface area contributed by atoms with E-state index in [1.807, 2.05) is 37.0 Å². The van der Waals surface area contributed by atoms with Crippen LogP contribution in [0.3, 0.4) is 0 Å². The highest BCUT2D eigenvalue weighted by Gasteiger charge is 1.98. The molecule has 0 saturated heterocycles. The Hall–Kier alpha value is -1.84. The van der Waals surface area contributed by atoms with Crippen molar-refractivity contribution in [3.8, 4) is 0 Å². The quantitative estimate of drug-likeness (QED) is 0.824. The van der Waals surface area contributed by atoms with Crippen LogP contribution in [0.25, 0.3) is 0 Å². The minimum atomic E-state index is 0.748. The zero-order chi connectivity index (χ0) is 10.7. The first-order chi connectivity index (χ1) is 7.25. The summed E-state index contributed by atoms with van der Waals surface area (Å²) in [7, 11) is 1.96. The van der Waals surface area contributed by atoms with Gasteiger partial charge in [0.15, 0.2) is 0 Å². The third kappa shape index (κ3) is 2.34. The molecule has 0 bridgehead atoms. The predicted molar refractivity (Wildman–Crippen MR) is 59.5 cm³/mol. The van der Waals surface area contributed by atoms with Gasteiger partial charge in [0.05, 0.1) is 0 Å². The highest BCUT2D eigenvalue weighted by Crippen LogP contribution is 2.05. The van der Waals surface area contributed by atoms with Crippen LogP contribution in [-0.4, -0.2) is 14.5 Å². The van der Waals surface area contributed by atoms with Gasteiger partial charge < -0.3 is 9.88 Å². The maximum Gasteiger partial charge on any atom is 0.202 e. The topological polar surface area (TPSA) is 42.7 Å². The number of nitrogens with zero attached hydrogens (tertiary/aromatic N) is 3. The minimum absolute atomic E-state index is 0.748. The third-order valence-electron chi connectivity index (χ3n) is 2.24. The van der Waals surface area contributed by atoms with Crippen molar-refractivity contribution >= 4 is 5.95 Å². The van der Waals surface area contributed by atoms with E-state index in [1.165, 1.54) is 0 Å². The van der Waals surface area contributed by atoms with E-state index in [-0.39, 0.29) is 0 Å². The largest absolute Gasteiger partial charge is 0.352 e.